The number of rotatable bonds is 16. The van der Waals surface area contributed by atoms with Crippen LogP contribution < -0.4 is 33.2 Å². The van der Waals surface area contributed by atoms with Crippen molar-refractivity contribution in [2.45, 2.75) is 77.5 Å². The molecule has 0 saturated heterocycles. The highest BCUT2D eigenvalue weighted by atomic mass is 32.1. The summed E-state index contributed by atoms with van der Waals surface area (Å²) < 4.78 is 0. The molecule has 0 heterocycles. The van der Waals surface area contributed by atoms with Gasteiger partial charge in [-0.15, -0.1) is 0 Å². The van der Waals surface area contributed by atoms with Gasteiger partial charge >= 0.3 is 5.97 Å². The number of thiol groups is 1. The Bertz CT molecular complexity index is 716. The fourth-order valence-corrected chi connectivity index (χ4v) is 3.24. The minimum Gasteiger partial charge on any atom is -0.480 e. The van der Waals surface area contributed by atoms with Crippen molar-refractivity contribution >= 4 is 42.3 Å². The number of nitrogens with one attached hydrogen (secondary N) is 3. The zero-order valence-electron chi connectivity index (χ0n) is 20.4. The average Bonchev–Trinajstić information content (AvgIpc) is 2.76. The minimum atomic E-state index is -1.17. The van der Waals surface area contributed by atoms with Crippen LogP contribution in [0.4, 0.5) is 0 Å². The number of carbonyl (C=O) groups excluding carboxylic acids is 3. The van der Waals surface area contributed by atoms with E-state index in [1.807, 2.05) is 27.7 Å². The van der Waals surface area contributed by atoms with Crippen LogP contribution in [0.2, 0.25) is 0 Å². The molecule has 10 N–H and O–H groups in total. The lowest BCUT2D eigenvalue weighted by Gasteiger charge is -2.25. The van der Waals surface area contributed by atoms with Crippen molar-refractivity contribution in [3.8, 4) is 0 Å². The molecule has 5 atom stereocenters. The second kappa shape index (κ2) is 16.1. The first-order valence-corrected chi connectivity index (χ1v) is 12.0. The number of aliphatic carboxylic acids is 1. The molecule has 0 bridgehead atoms. The Labute approximate surface area is 206 Å². The molecule has 0 radical (unpaired) electrons. The van der Waals surface area contributed by atoms with Gasteiger partial charge in [-0.1, -0.05) is 34.1 Å². The molecular weight excluding hydrogens is 462 g/mol. The van der Waals surface area contributed by atoms with E-state index in [1.54, 1.807) is 0 Å². The summed E-state index contributed by atoms with van der Waals surface area (Å²) in [5, 5.41) is 17.1. The number of nitrogens with zero attached hydrogens (tertiary/aromatic N) is 1. The Kier molecular flexibility index (Phi) is 14.9. The highest BCUT2D eigenvalue weighted by Gasteiger charge is 2.30. The number of carbonyl (C=O) groups is 4. The third-order valence-corrected chi connectivity index (χ3v) is 5.64. The molecule has 196 valence electrons. The first-order valence-electron chi connectivity index (χ1n) is 11.4. The van der Waals surface area contributed by atoms with Gasteiger partial charge in [-0.25, -0.2) is 4.79 Å². The number of guanidine groups is 1. The van der Waals surface area contributed by atoms with E-state index in [9.17, 15) is 24.3 Å². The van der Waals surface area contributed by atoms with Crippen LogP contribution in [0.5, 0.6) is 0 Å². The lowest BCUT2D eigenvalue weighted by atomic mass is 9.99. The van der Waals surface area contributed by atoms with Crippen molar-refractivity contribution in [2.24, 2.45) is 34.0 Å². The van der Waals surface area contributed by atoms with Gasteiger partial charge in [0.25, 0.3) is 0 Å². The van der Waals surface area contributed by atoms with Crippen LogP contribution in [-0.4, -0.2) is 71.2 Å². The Morgan fingerprint density at radius 2 is 1.47 bits per heavy atom. The summed E-state index contributed by atoms with van der Waals surface area (Å²) in [6.45, 7) is 7.61. The van der Waals surface area contributed by atoms with Crippen molar-refractivity contribution in [3.05, 3.63) is 0 Å². The van der Waals surface area contributed by atoms with E-state index in [4.69, 9.17) is 17.2 Å². The van der Waals surface area contributed by atoms with Gasteiger partial charge < -0.3 is 38.3 Å². The van der Waals surface area contributed by atoms with Crippen molar-refractivity contribution in [1.29, 1.82) is 0 Å². The zero-order chi connectivity index (χ0) is 26.4. The van der Waals surface area contributed by atoms with Gasteiger partial charge in [0.15, 0.2) is 5.96 Å². The number of hydrogen-bond donors (Lipinski definition) is 8. The number of carboxylic acid groups (broad SMARTS) is 1. The molecule has 0 spiro atoms. The quantitative estimate of drug-likeness (QED) is 0.0560. The summed E-state index contributed by atoms with van der Waals surface area (Å²) >= 11 is 4.13. The number of carboxylic acids is 1. The summed E-state index contributed by atoms with van der Waals surface area (Å²) in [6.07, 6.45) is 1.39. The molecule has 0 saturated carbocycles. The maximum absolute atomic E-state index is 12.9. The van der Waals surface area contributed by atoms with Crippen LogP contribution >= 0.6 is 12.6 Å². The summed E-state index contributed by atoms with van der Waals surface area (Å²) in [5.41, 5.74) is 16.6. The fourth-order valence-electron chi connectivity index (χ4n) is 2.98. The average molecular weight is 504 g/mol. The van der Waals surface area contributed by atoms with E-state index < -0.39 is 47.9 Å². The van der Waals surface area contributed by atoms with Gasteiger partial charge in [-0.3, -0.25) is 19.4 Å². The van der Waals surface area contributed by atoms with Gasteiger partial charge in [0.2, 0.25) is 17.7 Å². The Balaban J connectivity index is 5.44. The van der Waals surface area contributed by atoms with Gasteiger partial charge in [-0.05, 0) is 31.1 Å². The van der Waals surface area contributed by atoms with Crippen molar-refractivity contribution < 1.29 is 24.3 Å². The van der Waals surface area contributed by atoms with Crippen LogP contribution in [-0.2, 0) is 19.2 Å². The lowest BCUT2D eigenvalue weighted by molar-refractivity contribution is -0.142. The van der Waals surface area contributed by atoms with E-state index in [0.717, 1.165) is 0 Å². The normalized spacial score (nSPS) is 15.4. The lowest BCUT2D eigenvalue weighted by Crippen LogP contribution is -2.58. The molecule has 0 aromatic rings. The summed E-state index contributed by atoms with van der Waals surface area (Å²) in [7, 11) is 0. The van der Waals surface area contributed by atoms with E-state index in [1.165, 1.54) is 0 Å². The maximum Gasteiger partial charge on any atom is 0.326 e. The van der Waals surface area contributed by atoms with Gasteiger partial charge in [0, 0.05) is 12.3 Å². The molecule has 13 heteroatoms. The number of hydrogen-bond acceptors (Lipinski definition) is 7. The highest BCUT2D eigenvalue weighted by molar-refractivity contribution is 7.80. The molecular formula is C21H41N7O5S. The van der Waals surface area contributed by atoms with Crippen molar-refractivity contribution in [1.82, 2.24) is 16.0 Å². The largest absolute Gasteiger partial charge is 0.480 e. The topological polar surface area (TPSA) is 215 Å². The second-order valence-corrected chi connectivity index (χ2v) is 9.06. The number of aliphatic imine (C=N–C) groups is 1. The molecule has 3 amide bonds. The Morgan fingerprint density at radius 3 is 1.94 bits per heavy atom. The van der Waals surface area contributed by atoms with E-state index in [0.29, 0.717) is 12.8 Å². The molecule has 5 unspecified atom stereocenters. The molecule has 0 rings (SSSR count). The standard InChI is InChI=1S/C21H41N7O5S/c1-5-12(4)16(22)19(31)28-15(10-34)18(30)26-13(7-6-8-25-21(23)24)17(29)27-14(20(32)33)9-11(2)3/h11-16,34H,5-10,22H2,1-4H3,(H,26,30)(H,27,29)(H,28,31)(H,32,33)(H4,23,24,25). The van der Waals surface area contributed by atoms with Crippen LogP contribution in [0.25, 0.3) is 0 Å². The third-order valence-electron chi connectivity index (χ3n) is 5.28. The molecule has 0 aliphatic rings. The van der Waals surface area contributed by atoms with Gasteiger partial charge in [0.1, 0.15) is 18.1 Å². The zero-order valence-corrected chi connectivity index (χ0v) is 21.3. The summed E-state index contributed by atoms with van der Waals surface area (Å²) in [5.74, 6) is -3.18. The highest BCUT2D eigenvalue weighted by Crippen LogP contribution is 2.08. The smallest absolute Gasteiger partial charge is 0.326 e. The Hall–Kier alpha value is -2.54. The predicted octanol–water partition coefficient (Wildman–Crippen LogP) is -1.07. The molecule has 0 aromatic carbocycles. The molecule has 0 fully saturated rings. The first kappa shape index (κ1) is 31.5. The predicted molar refractivity (Wildman–Crippen MR) is 134 cm³/mol. The SMILES string of the molecule is CCC(C)C(N)C(=O)NC(CS)C(=O)NC(CCCN=C(N)N)C(=O)NC(CC(C)C)C(=O)O. The minimum absolute atomic E-state index is 0.0230. The monoisotopic (exact) mass is 503 g/mol. The molecule has 34 heavy (non-hydrogen) atoms. The van der Waals surface area contributed by atoms with E-state index in [-0.39, 0.29) is 42.9 Å². The number of amides is 3. The summed E-state index contributed by atoms with van der Waals surface area (Å²) in [6, 6.07) is -4.02. The Morgan fingerprint density at radius 1 is 0.941 bits per heavy atom. The molecule has 0 aliphatic heterocycles. The van der Waals surface area contributed by atoms with Gasteiger partial charge in [-0.2, -0.15) is 12.6 Å². The second-order valence-electron chi connectivity index (χ2n) is 8.69. The molecule has 0 aromatic heterocycles. The van der Waals surface area contributed by atoms with E-state index in [2.05, 4.69) is 33.6 Å². The first-order chi connectivity index (χ1) is 15.8. The maximum atomic E-state index is 12.9. The summed E-state index contributed by atoms with van der Waals surface area (Å²) in [4.78, 5) is 53.5. The molecule has 0 aliphatic carbocycles. The van der Waals surface area contributed by atoms with Crippen LogP contribution in [0.3, 0.4) is 0 Å². The van der Waals surface area contributed by atoms with E-state index >= 15 is 0 Å². The van der Waals surface area contributed by atoms with Gasteiger partial charge in [0.05, 0.1) is 6.04 Å². The fraction of sp³-hybridized carbons (Fsp3) is 0.762. The molecule has 12 nitrogen and oxygen atoms in total. The van der Waals surface area contributed by atoms with Crippen LogP contribution in [0, 0.1) is 11.8 Å². The van der Waals surface area contributed by atoms with Crippen molar-refractivity contribution in [3.63, 3.8) is 0 Å². The van der Waals surface area contributed by atoms with Crippen molar-refractivity contribution in [2.75, 3.05) is 12.3 Å². The van der Waals surface area contributed by atoms with Crippen LogP contribution in [0.15, 0.2) is 4.99 Å². The third kappa shape index (κ3) is 12.1. The number of nitrogens with two attached hydrogens (primary N) is 3. The van der Waals surface area contributed by atoms with Crippen LogP contribution in [0.1, 0.15) is 53.4 Å².